The number of sulfonamides is 1. The van der Waals surface area contributed by atoms with Gasteiger partial charge in [-0.05, 0) is 55.5 Å². The van der Waals surface area contributed by atoms with Gasteiger partial charge in [-0.25, -0.2) is 8.42 Å². The van der Waals surface area contributed by atoms with Crippen molar-refractivity contribution in [2.75, 3.05) is 4.72 Å². The van der Waals surface area contributed by atoms with E-state index in [1.165, 1.54) is 6.20 Å². The summed E-state index contributed by atoms with van der Waals surface area (Å²) >= 11 is 5.93. The number of rotatable bonds is 3. The Balaban J connectivity index is 1.75. The summed E-state index contributed by atoms with van der Waals surface area (Å²) in [5, 5.41) is 1.03. The van der Waals surface area contributed by atoms with Gasteiger partial charge in [-0.2, -0.15) is 0 Å². The maximum absolute atomic E-state index is 12.8. The zero-order valence-corrected chi connectivity index (χ0v) is 14.8. The standard InChI is InChI=1S/C17H16ClN3O3S/c18-11-5-6-12-14(8-11)19-9-16(12)25(23,24)21-15-7-10-3-1-2-4-13(10)20-17(15)22/h5-9,19,21H,1-4H2,(H,20,22). The third-order valence-electron chi connectivity index (χ3n) is 4.48. The maximum atomic E-state index is 12.8. The molecule has 8 heteroatoms. The summed E-state index contributed by atoms with van der Waals surface area (Å²) in [6.45, 7) is 0. The first-order chi connectivity index (χ1) is 11.9. The van der Waals surface area contributed by atoms with Crippen LogP contribution in [-0.4, -0.2) is 18.4 Å². The number of hydrogen-bond acceptors (Lipinski definition) is 3. The fourth-order valence-electron chi connectivity index (χ4n) is 3.24. The van der Waals surface area contributed by atoms with Crippen LogP contribution in [0.5, 0.6) is 0 Å². The summed E-state index contributed by atoms with van der Waals surface area (Å²) < 4.78 is 28.0. The molecule has 0 fully saturated rings. The van der Waals surface area contributed by atoms with Gasteiger partial charge in [0.1, 0.15) is 10.6 Å². The highest BCUT2D eigenvalue weighted by Gasteiger charge is 2.22. The van der Waals surface area contributed by atoms with Gasteiger partial charge in [0.15, 0.2) is 0 Å². The number of nitrogens with one attached hydrogen (secondary N) is 3. The molecule has 1 aliphatic rings. The Morgan fingerprint density at radius 1 is 1.12 bits per heavy atom. The van der Waals surface area contributed by atoms with Gasteiger partial charge in [-0.1, -0.05) is 11.6 Å². The normalized spacial score (nSPS) is 14.4. The van der Waals surface area contributed by atoms with Crippen LogP contribution in [0.3, 0.4) is 0 Å². The van der Waals surface area contributed by atoms with Gasteiger partial charge in [0, 0.05) is 27.8 Å². The van der Waals surface area contributed by atoms with E-state index in [2.05, 4.69) is 14.7 Å². The average molecular weight is 378 g/mol. The van der Waals surface area contributed by atoms with Gasteiger partial charge in [0.25, 0.3) is 15.6 Å². The molecule has 25 heavy (non-hydrogen) atoms. The van der Waals surface area contributed by atoms with Gasteiger partial charge in [-0.15, -0.1) is 0 Å². The van der Waals surface area contributed by atoms with Crippen LogP contribution in [0.1, 0.15) is 24.1 Å². The summed E-state index contributed by atoms with van der Waals surface area (Å²) in [6.07, 6.45) is 5.13. The van der Waals surface area contributed by atoms with Gasteiger partial charge in [0.2, 0.25) is 0 Å². The third-order valence-corrected chi connectivity index (χ3v) is 6.12. The number of aryl methyl sites for hydroxylation is 2. The molecule has 0 unspecified atom stereocenters. The molecule has 130 valence electrons. The molecule has 3 aromatic rings. The number of aromatic amines is 2. The predicted octanol–water partition coefficient (Wildman–Crippen LogP) is 3.19. The number of anilines is 1. The van der Waals surface area contributed by atoms with Crippen LogP contribution in [0.4, 0.5) is 5.69 Å². The van der Waals surface area contributed by atoms with E-state index < -0.39 is 15.6 Å². The van der Waals surface area contributed by atoms with Crippen molar-refractivity contribution in [1.82, 2.24) is 9.97 Å². The lowest BCUT2D eigenvalue weighted by Crippen LogP contribution is -2.23. The van der Waals surface area contributed by atoms with E-state index in [-0.39, 0.29) is 10.6 Å². The molecule has 0 saturated carbocycles. The summed E-state index contributed by atoms with van der Waals surface area (Å²) in [5.74, 6) is 0. The lowest BCUT2D eigenvalue weighted by atomic mass is 9.96. The molecule has 3 N–H and O–H groups in total. The molecule has 0 spiro atoms. The minimum atomic E-state index is -3.90. The molecule has 0 aliphatic heterocycles. The van der Waals surface area contributed by atoms with E-state index in [0.717, 1.165) is 36.9 Å². The number of pyridine rings is 1. The zero-order valence-electron chi connectivity index (χ0n) is 13.2. The molecule has 0 bridgehead atoms. The fraction of sp³-hybridized carbons (Fsp3) is 0.235. The maximum Gasteiger partial charge on any atom is 0.272 e. The highest BCUT2D eigenvalue weighted by Crippen LogP contribution is 2.27. The smallest absolute Gasteiger partial charge is 0.272 e. The zero-order chi connectivity index (χ0) is 17.6. The topological polar surface area (TPSA) is 94.8 Å². The molecule has 1 aliphatic carbocycles. The minimum Gasteiger partial charge on any atom is -0.360 e. The van der Waals surface area contributed by atoms with Crippen molar-refractivity contribution < 1.29 is 8.42 Å². The van der Waals surface area contributed by atoms with Crippen molar-refractivity contribution in [2.24, 2.45) is 0 Å². The van der Waals surface area contributed by atoms with Crippen molar-refractivity contribution in [3.05, 3.63) is 57.1 Å². The Bertz CT molecular complexity index is 1130. The largest absolute Gasteiger partial charge is 0.360 e. The Hall–Kier alpha value is -2.25. The Kier molecular flexibility index (Phi) is 3.85. The van der Waals surface area contributed by atoms with E-state index in [1.807, 2.05) is 0 Å². The molecule has 4 rings (SSSR count). The lowest BCUT2D eigenvalue weighted by molar-refractivity contribution is 0.602. The molecule has 0 atom stereocenters. The molecule has 0 amide bonds. The molecule has 1 aromatic carbocycles. The van der Waals surface area contributed by atoms with E-state index in [9.17, 15) is 13.2 Å². The van der Waals surface area contributed by atoms with Crippen LogP contribution >= 0.6 is 11.6 Å². The number of aromatic nitrogens is 2. The fourth-order valence-corrected chi connectivity index (χ4v) is 4.65. The van der Waals surface area contributed by atoms with Gasteiger partial charge in [0.05, 0.1) is 0 Å². The highest BCUT2D eigenvalue weighted by molar-refractivity contribution is 7.93. The van der Waals surface area contributed by atoms with E-state index in [0.29, 0.717) is 15.9 Å². The number of benzene rings is 1. The second-order valence-electron chi connectivity index (χ2n) is 6.17. The molecule has 2 heterocycles. The number of H-pyrrole nitrogens is 2. The van der Waals surface area contributed by atoms with Gasteiger partial charge in [-0.3, -0.25) is 9.52 Å². The highest BCUT2D eigenvalue weighted by atomic mass is 35.5. The van der Waals surface area contributed by atoms with Crippen LogP contribution in [0, 0.1) is 0 Å². The quantitative estimate of drug-likeness (QED) is 0.654. The van der Waals surface area contributed by atoms with Crippen LogP contribution in [0.25, 0.3) is 10.9 Å². The second-order valence-corrected chi connectivity index (χ2v) is 8.26. The van der Waals surface area contributed by atoms with Crippen LogP contribution in [0.15, 0.2) is 40.2 Å². The Morgan fingerprint density at radius 2 is 1.92 bits per heavy atom. The van der Waals surface area contributed by atoms with E-state index in [1.54, 1.807) is 24.3 Å². The summed E-state index contributed by atoms with van der Waals surface area (Å²) in [4.78, 5) is 18.0. The van der Waals surface area contributed by atoms with Crippen molar-refractivity contribution in [1.29, 1.82) is 0 Å². The molecular formula is C17H16ClN3O3S. The Morgan fingerprint density at radius 3 is 2.76 bits per heavy atom. The van der Waals surface area contributed by atoms with Crippen molar-refractivity contribution in [2.45, 2.75) is 30.6 Å². The summed E-state index contributed by atoms with van der Waals surface area (Å²) in [5.41, 5.74) is 2.14. The second kappa shape index (κ2) is 5.93. The predicted molar refractivity (Wildman–Crippen MR) is 97.8 cm³/mol. The molecule has 6 nitrogen and oxygen atoms in total. The van der Waals surface area contributed by atoms with E-state index in [4.69, 9.17) is 11.6 Å². The lowest BCUT2D eigenvalue weighted by Gasteiger charge is -2.16. The van der Waals surface area contributed by atoms with Crippen LogP contribution in [0.2, 0.25) is 5.02 Å². The summed E-state index contributed by atoms with van der Waals surface area (Å²) in [7, 11) is -3.90. The van der Waals surface area contributed by atoms with Gasteiger partial charge < -0.3 is 9.97 Å². The molecular weight excluding hydrogens is 362 g/mol. The molecule has 0 radical (unpaired) electrons. The van der Waals surface area contributed by atoms with Gasteiger partial charge >= 0.3 is 0 Å². The number of halogens is 1. The molecule has 0 saturated heterocycles. The number of hydrogen-bond donors (Lipinski definition) is 3. The van der Waals surface area contributed by atoms with Crippen molar-refractivity contribution in [3.63, 3.8) is 0 Å². The van der Waals surface area contributed by atoms with Crippen molar-refractivity contribution in [3.8, 4) is 0 Å². The average Bonchev–Trinajstić information content (AvgIpc) is 2.99. The number of fused-ring (bicyclic) bond motifs is 2. The third kappa shape index (κ3) is 2.94. The SMILES string of the molecule is O=c1[nH]c2c(cc1NS(=O)(=O)c1c[nH]c3cc(Cl)ccc13)CCCC2. The first-order valence-corrected chi connectivity index (χ1v) is 9.85. The van der Waals surface area contributed by atoms with Crippen LogP contribution < -0.4 is 10.3 Å². The first kappa shape index (κ1) is 16.2. The van der Waals surface area contributed by atoms with E-state index >= 15 is 0 Å². The monoisotopic (exact) mass is 377 g/mol. The minimum absolute atomic E-state index is 0.0453. The van der Waals surface area contributed by atoms with Crippen LogP contribution in [-0.2, 0) is 22.9 Å². The van der Waals surface area contributed by atoms with Crippen molar-refractivity contribution >= 4 is 38.2 Å². The summed E-state index contributed by atoms with van der Waals surface area (Å²) in [6, 6.07) is 6.57. The Labute approximate surface area is 149 Å². The molecule has 2 aromatic heterocycles. The first-order valence-electron chi connectivity index (χ1n) is 7.98.